The normalized spacial score (nSPS) is 17.1. The quantitative estimate of drug-likeness (QED) is 0.626. The molecule has 0 spiro atoms. The molecule has 162 valence electrons. The van der Waals surface area contributed by atoms with Gasteiger partial charge in [-0.25, -0.2) is 8.42 Å². The van der Waals surface area contributed by atoms with Crippen molar-refractivity contribution < 1.29 is 13.2 Å². The van der Waals surface area contributed by atoms with E-state index in [0.717, 1.165) is 15.6 Å². The molecule has 1 unspecified atom stereocenters. The van der Waals surface area contributed by atoms with E-state index in [1.54, 1.807) is 12.1 Å². The zero-order valence-corrected chi connectivity index (χ0v) is 20.0. The molecular formula is C23H29BrN2O3S. The first kappa shape index (κ1) is 23.0. The van der Waals surface area contributed by atoms with Crippen molar-refractivity contribution in [1.29, 1.82) is 0 Å². The molecule has 1 fully saturated rings. The first-order valence-corrected chi connectivity index (χ1v) is 12.6. The number of sulfonamides is 1. The van der Waals surface area contributed by atoms with Gasteiger partial charge in [0.15, 0.2) is 0 Å². The number of piperidine rings is 1. The number of halogens is 1. The second-order valence-electron chi connectivity index (χ2n) is 8.18. The topological polar surface area (TPSA) is 66.5 Å². The van der Waals surface area contributed by atoms with Gasteiger partial charge in [0, 0.05) is 23.5 Å². The Labute approximate surface area is 188 Å². The number of benzene rings is 2. The lowest BCUT2D eigenvalue weighted by molar-refractivity contribution is -0.126. The van der Waals surface area contributed by atoms with Crippen molar-refractivity contribution in [3.63, 3.8) is 0 Å². The fourth-order valence-corrected chi connectivity index (χ4v) is 5.43. The van der Waals surface area contributed by atoms with Crippen LogP contribution in [0.15, 0.2) is 57.9 Å². The second kappa shape index (κ2) is 9.62. The van der Waals surface area contributed by atoms with Gasteiger partial charge in [0.2, 0.25) is 15.9 Å². The Balaban J connectivity index is 1.58. The minimum absolute atomic E-state index is 0.0104. The van der Waals surface area contributed by atoms with Gasteiger partial charge in [-0.05, 0) is 61.1 Å². The molecular weight excluding hydrogens is 464 g/mol. The van der Waals surface area contributed by atoms with E-state index in [4.69, 9.17) is 0 Å². The van der Waals surface area contributed by atoms with Crippen LogP contribution in [0.3, 0.4) is 0 Å². The largest absolute Gasteiger partial charge is 0.349 e. The maximum Gasteiger partial charge on any atom is 0.243 e. The first-order chi connectivity index (χ1) is 14.2. The number of carbonyl (C=O) groups is 1. The Morgan fingerprint density at radius 1 is 0.967 bits per heavy atom. The lowest BCUT2D eigenvalue weighted by Crippen LogP contribution is -2.43. The molecule has 3 rings (SSSR count). The van der Waals surface area contributed by atoms with Gasteiger partial charge in [-0.15, -0.1) is 0 Å². The molecule has 5 nitrogen and oxygen atoms in total. The SMILES string of the molecule is CC(C)c1ccc(S(=O)(=O)N2CCC(C(=O)NC(C)c3ccc(Br)cc3)CC2)cc1. The molecule has 1 aliphatic heterocycles. The number of rotatable bonds is 6. The van der Waals surface area contributed by atoms with Gasteiger partial charge in [0.05, 0.1) is 10.9 Å². The Morgan fingerprint density at radius 3 is 2.03 bits per heavy atom. The molecule has 0 aliphatic carbocycles. The molecule has 1 amide bonds. The monoisotopic (exact) mass is 492 g/mol. The number of amides is 1. The Morgan fingerprint density at radius 2 is 1.50 bits per heavy atom. The van der Waals surface area contributed by atoms with E-state index < -0.39 is 10.0 Å². The zero-order valence-electron chi connectivity index (χ0n) is 17.6. The highest BCUT2D eigenvalue weighted by atomic mass is 79.9. The van der Waals surface area contributed by atoms with Gasteiger partial charge in [-0.1, -0.05) is 54.0 Å². The summed E-state index contributed by atoms with van der Waals surface area (Å²) in [6.07, 6.45) is 1.06. The maximum atomic E-state index is 13.0. The van der Waals surface area contributed by atoms with E-state index in [2.05, 4.69) is 35.1 Å². The van der Waals surface area contributed by atoms with Crippen molar-refractivity contribution in [1.82, 2.24) is 9.62 Å². The predicted octanol–water partition coefficient (Wildman–Crippen LogP) is 4.85. The predicted molar refractivity (Wildman–Crippen MR) is 123 cm³/mol. The van der Waals surface area contributed by atoms with Crippen LogP contribution < -0.4 is 5.32 Å². The second-order valence-corrected chi connectivity index (χ2v) is 11.0. The molecule has 7 heteroatoms. The number of carbonyl (C=O) groups excluding carboxylic acids is 1. The standard InChI is InChI=1S/C23H29BrN2O3S/c1-16(2)18-6-10-22(11-7-18)30(28,29)26-14-12-20(13-15-26)23(27)25-17(3)19-4-8-21(24)9-5-19/h4-11,16-17,20H,12-15H2,1-3H3,(H,25,27). The van der Waals surface area contributed by atoms with E-state index in [9.17, 15) is 13.2 Å². The molecule has 30 heavy (non-hydrogen) atoms. The van der Waals surface area contributed by atoms with Crippen molar-refractivity contribution in [3.8, 4) is 0 Å². The minimum Gasteiger partial charge on any atom is -0.349 e. The molecule has 1 saturated heterocycles. The summed E-state index contributed by atoms with van der Waals surface area (Å²) in [6, 6.07) is 14.9. The number of nitrogens with one attached hydrogen (secondary N) is 1. The molecule has 0 saturated carbocycles. The highest BCUT2D eigenvalue weighted by molar-refractivity contribution is 9.10. The van der Waals surface area contributed by atoms with E-state index >= 15 is 0 Å². The highest BCUT2D eigenvalue weighted by Crippen LogP contribution is 2.26. The van der Waals surface area contributed by atoms with Gasteiger partial charge < -0.3 is 5.32 Å². The van der Waals surface area contributed by atoms with Gasteiger partial charge in [0.1, 0.15) is 0 Å². The van der Waals surface area contributed by atoms with Gasteiger partial charge in [-0.2, -0.15) is 4.31 Å². The van der Waals surface area contributed by atoms with Gasteiger partial charge in [0.25, 0.3) is 0 Å². The van der Waals surface area contributed by atoms with Crippen LogP contribution in [0.5, 0.6) is 0 Å². The van der Waals surface area contributed by atoms with E-state index in [-0.39, 0.29) is 17.9 Å². The summed E-state index contributed by atoms with van der Waals surface area (Å²) in [6.45, 7) is 6.84. The van der Waals surface area contributed by atoms with Gasteiger partial charge >= 0.3 is 0 Å². The lowest BCUT2D eigenvalue weighted by atomic mass is 9.96. The summed E-state index contributed by atoms with van der Waals surface area (Å²) < 4.78 is 28.4. The smallest absolute Gasteiger partial charge is 0.243 e. The highest BCUT2D eigenvalue weighted by Gasteiger charge is 2.32. The molecule has 0 radical (unpaired) electrons. The average molecular weight is 493 g/mol. The third-order valence-corrected chi connectivity index (χ3v) is 8.18. The van der Waals surface area contributed by atoms with Crippen LogP contribution >= 0.6 is 15.9 Å². The number of hydrogen-bond donors (Lipinski definition) is 1. The summed E-state index contributed by atoms with van der Waals surface area (Å²) in [5.41, 5.74) is 2.15. The molecule has 2 aromatic rings. The van der Waals surface area contributed by atoms with Crippen LogP contribution in [0.25, 0.3) is 0 Å². The van der Waals surface area contributed by atoms with Crippen LogP contribution in [0.4, 0.5) is 0 Å². The molecule has 1 heterocycles. The van der Waals surface area contributed by atoms with Crippen molar-refractivity contribution in [2.24, 2.45) is 5.92 Å². The molecule has 0 aromatic heterocycles. The van der Waals surface area contributed by atoms with Crippen LogP contribution in [0.2, 0.25) is 0 Å². The van der Waals surface area contributed by atoms with Crippen molar-refractivity contribution in [2.75, 3.05) is 13.1 Å². The Bertz CT molecular complexity index is 965. The molecule has 0 bridgehead atoms. The van der Waals surface area contributed by atoms with E-state index in [0.29, 0.717) is 36.7 Å². The summed E-state index contributed by atoms with van der Waals surface area (Å²) in [4.78, 5) is 13.0. The summed E-state index contributed by atoms with van der Waals surface area (Å²) >= 11 is 3.41. The van der Waals surface area contributed by atoms with E-state index in [1.165, 1.54) is 4.31 Å². The number of nitrogens with zero attached hydrogens (tertiary/aromatic N) is 1. The lowest BCUT2D eigenvalue weighted by Gasteiger charge is -2.31. The number of hydrogen-bond acceptors (Lipinski definition) is 3. The maximum absolute atomic E-state index is 13.0. The fourth-order valence-electron chi connectivity index (χ4n) is 3.70. The first-order valence-electron chi connectivity index (χ1n) is 10.3. The zero-order chi connectivity index (χ0) is 21.9. The third kappa shape index (κ3) is 5.31. The molecule has 1 N–H and O–H groups in total. The minimum atomic E-state index is -3.53. The van der Waals surface area contributed by atoms with Crippen molar-refractivity contribution >= 4 is 31.9 Å². The summed E-state index contributed by atoms with van der Waals surface area (Å²) in [5.74, 6) is 0.178. The summed E-state index contributed by atoms with van der Waals surface area (Å²) in [5, 5.41) is 3.07. The Hall–Kier alpha value is -1.70. The van der Waals surface area contributed by atoms with Crippen molar-refractivity contribution in [3.05, 3.63) is 64.1 Å². The molecule has 1 atom stereocenters. The van der Waals surface area contributed by atoms with Gasteiger partial charge in [-0.3, -0.25) is 4.79 Å². The third-order valence-electron chi connectivity index (χ3n) is 5.74. The van der Waals surface area contributed by atoms with Crippen LogP contribution in [0, 0.1) is 5.92 Å². The van der Waals surface area contributed by atoms with Crippen LogP contribution in [0.1, 0.15) is 56.7 Å². The van der Waals surface area contributed by atoms with Crippen molar-refractivity contribution in [2.45, 2.75) is 50.5 Å². The van der Waals surface area contributed by atoms with Crippen LogP contribution in [-0.4, -0.2) is 31.7 Å². The molecule has 1 aliphatic rings. The molecule has 2 aromatic carbocycles. The Kier molecular flexibility index (Phi) is 7.37. The summed E-state index contributed by atoms with van der Waals surface area (Å²) in [7, 11) is -3.53. The van der Waals surface area contributed by atoms with E-state index in [1.807, 2.05) is 43.3 Å². The fraction of sp³-hybridized carbons (Fsp3) is 0.435. The average Bonchev–Trinajstić information content (AvgIpc) is 2.74. The van der Waals surface area contributed by atoms with Crippen LogP contribution in [-0.2, 0) is 14.8 Å².